The fraction of sp³-hybridized carbons (Fsp3) is 0.429. The van der Waals surface area contributed by atoms with Crippen LogP contribution in [0.15, 0.2) is 18.2 Å². The zero-order valence-corrected chi connectivity index (χ0v) is 11.3. The number of aryl methyl sites for hydroxylation is 1. The first-order valence-electron chi connectivity index (χ1n) is 6.22. The normalized spacial score (nSPS) is 10.8. The SMILES string of the molecule is CCOCCCOc1ccc(C)nc1C=CC(=O)O. The van der Waals surface area contributed by atoms with E-state index < -0.39 is 5.97 Å². The van der Waals surface area contributed by atoms with Gasteiger partial charge in [0.2, 0.25) is 0 Å². The summed E-state index contributed by atoms with van der Waals surface area (Å²) in [6.45, 7) is 5.64. The molecule has 0 saturated carbocycles. The number of hydrogen-bond acceptors (Lipinski definition) is 4. The van der Waals surface area contributed by atoms with Crippen LogP contribution in [0.25, 0.3) is 6.08 Å². The Bertz CT molecular complexity index is 443. The number of carboxylic acid groups (broad SMARTS) is 1. The molecule has 0 unspecified atom stereocenters. The number of carboxylic acids is 1. The van der Waals surface area contributed by atoms with E-state index >= 15 is 0 Å². The second kappa shape index (κ2) is 8.26. The third-order valence-corrected chi connectivity index (χ3v) is 2.30. The first-order chi connectivity index (χ1) is 9.13. The van der Waals surface area contributed by atoms with Crippen LogP contribution in [0.2, 0.25) is 0 Å². The van der Waals surface area contributed by atoms with Gasteiger partial charge in [0.05, 0.1) is 6.61 Å². The highest BCUT2D eigenvalue weighted by molar-refractivity contribution is 5.85. The average Bonchev–Trinajstić information content (AvgIpc) is 2.38. The Morgan fingerprint density at radius 1 is 1.42 bits per heavy atom. The van der Waals surface area contributed by atoms with Crippen molar-refractivity contribution >= 4 is 12.0 Å². The van der Waals surface area contributed by atoms with Gasteiger partial charge in [0, 0.05) is 31.4 Å². The number of hydrogen-bond donors (Lipinski definition) is 1. The second-order valence-corrected chi connectivity index (χ2v) is 3.91. The van der Waals surface area contributed by atoms with Gasteiger partial charge in [0.25, 0.3) is 0 Å². The zero-order chi connectivity index (χ0) is 14.1. The van der Waals surface area contributed by atoms with Crippen molar-refractivity contribution in [3.8, 4) is 5.75 Å². The first-order valence-corrected chi connectivity index (χ1v) is 6.22. The van der Waals surface area contributed by atoms with E-state index in [0.29, 0.717) is 31.3 Å². The molecule has 0 spiro atoms. The lowest BCUT2D eigenvalue weighted by atomic mass is 10.2. The van der Waals surface area contributed by atoms with Crippen molar-refractivity contribution < 1.29 is 19.4 Å². The molecule has 0 aliphatic heterocycles. The van der Waals surface area contributed by atoms with Crippen LogP contribution >= 0.6 is 0 Å². The number of rotatable bonds is 8. The molecule has 0 saturated heterocycles. The molecule has 0 aliphatic rings. The summed E-state index contributed by atoms with van der Waals surface area (Å²) in [6.07, 6.45) is 3.27. The van der Waals surface area contributed by atoms with Crippen LogP contribution in [0.4, 0.5) is 0 Å². The van der Waals surface area contributed by atoms with Crippen LogP contribution in [-0.2, 0) is 9.53 Å². The molecule has 0 fully saturated rings. The molecule has 1 rings (SSSR count). The van der Waals surface area contributed by atoms with E-state index in [4.69, 9.17) is 14.6 Å². The van der Waals surface area contributed by atoms with Gasteiger partial charge in [-0.2, -0.15) is 0 Å². The number of nitrogens with zero attached hydrogens (tertiary/aromatic N) is 1. The summed E-state index contributed by atoms with van der Waals surface area (Å²) in [5.74, 6) is -0.426. The molecular formula is C14H19NO4. The van der Waals surface area contributed by atoms with Crippen LogP contribution in [0, 0.1) is 6.92 Å². The summed E-state index contributed by atoms with van der Waals surface area (Å²) in [5, 5.41) is 8.64. The van der Waals surface area contributed by atoms with Crippen molar-refractivity contribution in [1.82, 2.24) is 4.98 Å². The van der Waals surface area contributed by atoms with Crippen molar-refractivity contribution in [1.29, 1.82) is 0 Å². The number of ether oxygens (including phenoxy) is 2. The highest BCUT2D eigenvalue weighted by Crippen LogP contribution is 2.18. The predicted molar refractivity (Wildman–Crippen MR) is 72.2 cm³/mol. The second-order valence-electron chi connectivity index (χ2n) is 3.91. The van der Waals surface area contributed by atoms with E-state index in [9.17, 15) is 4.79 Å². The van der Waals surface area contributed by atoms with Gasteiger partial charge in [-0.1, -0.05) is 0 Å². The molecule has 0 bridgehead atoms. The molecule has 0 atom stereocenters. The van der Waals surface area contributed by atoms with Crippen molar-refractivity contribution in [2.45, 2.75) is 20.3 Å². The molecule has 1 heterocycles. The maximum atomic E-state index is 10.5. The van der Waals surface area contributed by atoms with Crippen molar-refractivity contribution in [3.05, 3.63) is 29.6 Å². The third kappa shape index (κ3) is 6.01. The summed E-state index contributed by atoms with van der Waals surface area (Å²) in [7, 11) is 0. The lowest BCUT2D eigenvalue weighted by Crippen LogP contribution is -2.04. The lowest BCUT2D eigenvalue weighted by molar-refractivity contribution is -0.131. The summed E-state index contributed by atoms with van der Waals surface area (Å²) < 4.78 is 10.8. The zero-order valence-electron chi connectivity index (χ0n) is 11.3. The maximum absolute atomic E-state index is 10.5. The van der Waals surface area contributed by atoms with Gasteiger partial charge < -0.3 is 14.6 Å². The molecule has 5 heteroatoms. The van der Waals surface area contributed by atoms with Gasteiger partial charge in [-0.3, -0.25) is 0 Å². The van der Waals surface area contributed by atoms with E-state index in [1.807, 2.05) is 19.9 Å². The monoisotopic (exact) mass is 265 g/mol. The van der Waals surface area contributed by atoms with E-state index in [0.717, 1.165) is 18.2 Å². The molecule has 1 aromatic heterocycles. The summed E-state index contributed by atoms with van der Waals surface area (Å²) in [5.41, 5.74) is 1.34. The van der Waals surface area contributed by atoms with Gasteiger partial charge in [0.1, 0.15) is 11.4 Å². The van der Waals surface area contributed by atoms with Crippen LogP contribution in [0.5, 0.6) is 5.75 Å². The first kappa shape index (κ1) is 15.2. The summed E-state index contributed by atoms with van der Waals surface area (Å²) in [4.78, 5) is 14.8. The van der Waals surface area contributed by atoms with Gasteiger partial charge >= 0.3 is 5.97 Å². The molecule has 0 radical (unpaired) electrons. The molecule has 0 aliphatic carbocycles. The molecule has 1 aromatic rings. The number of aliphatic carboxylic acids is 1. The van der Waals surface area contributed by atoms with E-state index in [1.165, 1.54) is 6.08 Å². The number of aromatic nitrogens is 1. The smallest absolute Gasteiger partial charge is 0.328 e. The van der Waals surface area contributed by atoms with Gasteiger partial charge in [-0.25, -0.2) is 9.78 Å². The Kier molecular flexibility index (Phi) is 6.60. The standard InChI is InChI=1S/C14H19NO4/c1-3-18-9-4-10-19-13-7-5-11(2)15-12(13)6-8-14(16)17/h5-8H,3-4,9-10H2,1-2H3,(H,16,17). The maximum Gasteiger partial charge on any atom is 0.328 e. The molecule has 5 nitrogen and oxygen atoms in total. The Labute approximate surface area is 112 Å². The summed E-state index contributed by atoms with van der Waals surface area (Å²) >= 11 is 0. The van der Waals surface area contributed by atoms with E-state index in [2.05, 4.69) is 4.98 Å². The third-order valence-electron chi connectivity index (χ3n) is 2.30. The Hall–Kier alpha value is -1.88. The molecule has 1 N–H and O–H groups in total. The Balaban J connectivity index is 2.63. The predicted octanol–water partition coefficient (Wildman–Crippen LogP) is 2.29. The van der Waals surface area contributed by atoms with Crippen LogP contribution in [-0.4, -0.2) is 35.9 Å². The molecule has 0 aromatic carbocycles. The van der Waals surface area contributed by atoms with E-state index in [1.54, 1.807) is 6.07 Å². The number of carbonyl (C=O) groups is 1. The van der Waals surface area contributed by atoms with Crippen LogP contribution in [0.1, 0.15) is 24.7 Å². The number of pyridine rings is 1. The lowest BCUT2D eigenvalue weighted by Gasteiger charge is -2.09. The van der Waals surface area contributed by atoms with Crippen LogP contribution < -0.4 is 4.74 Å². The highest BCUT2D eigenvalue weighted by atomic mass is 16.5. The average molecular weight is 265 g/mol. The minimum absolute atomic E-state index is 0.513. The Morgan fingerprint density at radius 3 is 2.89 bits per heavy atom. The molecular weight excluding hydrogens is 246 g/mol. The van der Waals surface area contributed by atoms with Gasteiger partial charge in [-0.15, -0.1) is 0 Å². The van der Waals surface area contributed by atoms with Crippen LogP contribution in [0.3, 0.4) is 0 Å². The summed E-state index contributed by atoms with van der Waals surface area (Å²) in [6, 6.07) is 3.63. The molecule has 104 valence electrons. The largest absolute Gasteiger partial charge is 0.491 e. The van der Waals surface area contributed by atoms with Gasteiger partial charge in [0.15, 0.2) is 0 Å². The highest BCUT2D eigenvalue weighted by Gasteiger charge is 2.03. The van der Waals surface area contributed by atoms with Crippen molar-refractivity contribution in [3.63, 3.8) is 0 Å². The molecule has 19 heavy (non-hydrogen) atoms. The topological polar surface area (TPSA) is 68.7 Å². The fourth-order valence-electron chi connectivity index (χ4n) is 1.44. The van der Waals surface area contributed by atoms with Crippen molar-refractivity contribution in [2.24, 2.45) is 0 Å². The fourth-order valence-corrected chi connectivity index (χ4v) is 1.44. The minimum atomic E-state index is -1.01. The van der Waals surface area contributed by atoms with Crippen molar-refractivity contribution in [2.75, 3.05) is 19.8 Å². The quantitative estimate of drug-likeness (QED) is 0.577. The minimum Gasteiger partial charge on any atom is -0.491 e. The Morgan fingerprint density at radius 2 is 2.21 bits per heavy atom. The molecule has 0 amide bonds. The van der Waals surface area contributed by atoms with E-state index in [-0.39, 0.29) is 0 Å². The van der Waals surface area contributed by atoms with Gasteiger partial charge in [-0.05, 0) is 32.1 Å².